The Hall–Kier alpha value is -1.12. The van der Waals surface area contributed by atoms with E-state index in [9.17, 15) is 0 Å². The van der Waals surface area contributed by atoms with Gasteiger partial charge in [0.25, 0.3) is 0 Å². The van der Waals surface area contributed by atoms with E-state index in [1.807, 2.05) is 23.5 Å². The molecule has 0 radical (unpaired) electrons. The molecule has 2 aromatic carbocycles. The zero-order valence-electron chi connectivity index (χ0n) is 10.7. The maximum absolute atomic E-state index is 2.41. The van der Waals surface area contributed by atoms with E-state index in [-0.39, 0.29) is 0 Å². The Morgan fingerprint density at radius 3 is 1.55 bits per heavy atom. The van der Waals surface area contributed by atoms with Crippen LogP contribution < -0.4 is 0 Å². The summed E-state index contributed by atoms with van der Waals surface area (Å²) in [6, 6.07) is 9.64. The molecule has 2 aliphatic heterocycles. The fourth-order valence-electron chi connectivity index (χ4n) is 4.50. The minimum absolute atomic E-state index is 0.614. The van der Waals surface area contributed by atoms with Crippen molar-refractivity contribution in [2.75, 3.05) is 0 Å². The van der Waals surface area contributed by atoms with E-state index in [0.29, 0.717) is 22.3 Å². The highest BCUT2D eigenvalue weighted by Crippen LogP contribution is 2.63. The third-order valence-electron chi connectivity index (χ3n) is 5.30. The highest BCUT2D eigenvalue weighted by Gasteiger charge is 2.42. The van der Waals surface area contributed by atoms with Gasteiger partial charge in [0, 0.05) is 22.3 Å². The normalized spacial score (nSPS) is 34.2. The van der Waals surface area contributed by atoms with Crippen molar-refractivity contribution >= 4 is 34.3 Å². The lowest BCUT2D eigenvalue weighted by Crippen LogP contribution is -1.95. The second-order valence-corrected chi connectivity index (χ2v) is 8.16. The number of fused-ring (bicyclic) bond motifs is 6. The molecule has 6 rings (SSSR count). The quantitative estimate of drug-likeness (QED) is 0.616. The summed E-state index contributed by atoms with van der Waals surface area (Å²) in [4.78, 5) is 0. The molecule has 2 heterocycles. The molecule has 4 aliphatic rings. The van der Waals surface area contributed by atoms with Crippen LogP contribution >= 0.6 is 23.5 Å². The lowest BCUT2D eigenvalue weighted by molar-refractivity contribution is 0.864. The molecular weight excluding hydrogens is 280 g/mol. The van der Waals surface area contributed by atoms with Gasteiger partial charge in [-0.3, -0.25) is 0 Å². The van der Waals surface area contributed by atoms with Gasteiger partial charge in [-0.1, -0.05) is 36.4 Å². The van der Waals surface area contributed by atoms with Crippen molar-refractivity contribution in [1.82, 2.24) is 0 Å². The second-order valence-electron chi connectivity index (χ2n) is 6.06. The van der Waals surface area contributed by atoms with Crippen LogP contribution in [0.15, 0.2) is 47.2 Å². The molecule has 0 saturated carbocycles. The van der Waals surface area contributed by atoms with Crippen LogP contribution in [0, 0.1) is 0 Å². The standard InChI is InChI=1S/C18H12S2/c1-2-10-12-6-8-20-18(12)14-4-3-13-15(16(10)14)9(1)11-5-7-19-17(11)13/h1-8,11-12,17-18H. The van der Waals surface area contributed by atoms with Gasteiger partial charge in [0.2, 0.25) is 0 Å². The van der Waals surface area contributed by atoms with Crippen LogP contribution in [0.4, 0.5) is 0 Å². The van der Waals surface area contributed by atoms with Gasteiger partial charge in [-0.25, -0.2) is 0 Å². The van der Waals surface area contributed by atoms with E-state index >= 15 is 0 Å². The highest BCUT2D eigenvalue weighted by atomic mass is 32.2. The van der Waals surface area contributed by atoms with Crippen molar-refractivity contribution in [2.24, 2.45) is 0 Å². The third-order valence-corrected chi connectivity index (χ3v) is 7.60. The summed E-state index contributed by atoms with van der Waals surface area (Å²) in [6.07, 6.45) is 4.80. The Bertz CT molecular complexity index is 776. The van der Waals surface area contributed by atoms with Crippen molar-refractivity contribution in [3.8, 4) is 0 Å². The SMILES string of the molecule is C1=CC2c3ccc4c5c(ccc(c35)C2S1)C1SC=CC41. The number of thioether (sulfide) groups is 2. The number of hydrogen-bond acceptors (Lipinski definition) is 2. The molecule has 0 spiro atoms. The van der Waals surface area contributed by atoms with E-state index in [4.69, 9.17) is 0 Å². The van der Waals surface area contributed by atoms with Crippen LogP contribution in [-0.4, -0.2) is 0 Å². The summed E-state index contributed by atoms with van der Waals surface area (Å²) in [5.41, 5.74) is 6.30. The first-order chi connectivity index (χ1) is 9.93. The summed E-state index contributed by atoms with van der Waals surface area (Å²) < 4.78 is 0. The van der Waals surface area contributed by atoms with Gasteiger partial charge in [0.05, 0.1) is 0 Å². The number of allylic oxidation sites excluding steroid dienone is 2. The predicted molar refractivity (Wildman–Crippen MR) is 88.4 cm³/mol. The third kappa shape index (κ3) is 1.01. The fraction of sp³-hybridized carbons (Fsp3) is 0.222. The van der Waals surface area contributed by atoms with Gasteiger partial charge in [-0.05, 0) is 43.8 Å². The van der Waals surface area contributed by atoms with Crippen molar-refractivity contribution < 1.29 is 0 Å². The maximum Gasteiger partial charge on any atom is 0.0448 e. The summed E-state index contributed by atoms with van der Waals surface area (Å²) >= 11 is 3.99. The van der Waals surface area contributed by atoms with Crippen LogP contribution in [0.5, 0.6) is 0 Å². The zero-order chi connectivity index (χ0) is 12.8. The van der Waals surface area contributed by atoms with Crippen LogP contribution in [0.2, 0.25) is 0 Å². The molecule has 96 valence electrons. The molecular formula is C18H12S2. The lowest BCUT2D eigenvalue weighted by Gasteiger charge is -2.12. The molecule has 0 saturated heterocycles. The fourth-order valence-corrected chi connectivity index (χ4v) is 6.86. The molecule has 4 atom stereocenters. The Balaban J connectivity index is 1.79. The molecule has 20 heavy (non-hydrogen) atoms. The topological polar surface area (TPSA) is 0 Å². The molecule has 2 aliphatic carbocycles. The van der Waals surface area contributed by atoms with E-state index in [2.05, 4.69) is 47.2 Å². The second kappa shape index (κ2) is 3.37. The highest BCUT2D eigenvalue weighted by molar-refractivity contribution is 8.02. The van der Waals surface area contributed by atoms with Crippen molar-refractivity contribution in [1.29, 1.82) is 0 Å². The Morgan fingerprint density at radius 1 is 0.600 bits per heavy atom. The minimum atomic E-state index is 0.614. The summed E-state index contributed by atoms with van der Waals surface area (Å²) in [5.74, 6) is 1.23. The van der Waals surface area contributed by atoms with Crippen LogP contribution in [-0.2, 0) is 0 Å². The number of rotatable bonds is 0. The molecule has 0 N–H and O–H groups in total. The largest absolute Gasteiger partial charge is 0.125 e. The molecule has 4 unspecified atom stereocenters. The monoisotopic (exact) mass is 292 g/mol. The van der Waals surface area contributed by atoms with Crippen molar-refractivity contribution in [3.05, 3.63) is 69.5 Å². The van der Waals surface area contributed by atoms with E-state index in [0.717, 1.165) is 0 Å². The molecule has 2 heteroatoms. The maximum atomic E-state index is 2.41. The molecule has 2 aromatic rings. The van der Waals surface area contributed by atoms with Crippen molar-refractivity contribution in [3.63, 3.8) is 0 Å². The Morgan fingerprint density at radius 2 is 1.05 bits per heavy atom. The molecule has 0 nitrogen and oxygen atoms in total. The van der Waals surface area contributed by atoms with Crippen molar-refractivity contribution in [2.45, 2.75) is 22.3 Å². The zero-order valence-corrected chi connectivity index (χ0v) is 12.4. The molecule has 0 amide bonds. The van der Waals surface area contributed by atoms with Gasteiger partial charge in [-0.15, -0.1) is 23.5 Å². The number of hydrogen-bond donors (Lipinski definition) is 0. The average Bonchev–Trinajstić information content (AvgIpc) is 3.18. The smallest absolute Gasteiger partial charge is 0.0448 e. The molecule has 0 fully saturated rings. The molecule has 0 bridgehead atoms. The van der Waals surface area contributed by atoms with E-state index in [1.54, 1.807) is 33.0 Å². The minimum Gasteiger partial charge on any atom is -0.125 e. The summed E-state index contributed by atoms with van der Waals surface area (Å²) in [6.45, 7) is 0. The molecule has 0 aromatic heterocycles. The summed E-state index contributed by atoms with van der Waals surface area (Å²) in [5, 5.41) is 9.04. The first kappa shape index (κ1) is 10.6. The van der Waals surface area contributed by atoms with Crippen LogP contribution in [0.25, 0.3) is 10.8 Å². The Labute approximate surface area is 126 Å². The number of benzene rings is 2. The first-order valence-electron chi connectivity index (χ1n) is 7.17. The average molecular weight is 292 g/mol. The van der Waals surface area contributed by atoms with Gasteiger partial charge in [0.1, 0.15) is 0 Å². The van der Waals surface area contributed by atoms with Gasteiger partial charge in [0.15, 0.2) is 0 Å². The lowest BCUT2D eigenvalue weighted by atomic mass is 9.95. The first-order valence-corrected chi connectivity index (χ1v) is 9.05. The van der Waals surface area contributed by atoms with Crippen LogP contribution in [0.1, 0.15) is 44.6 Å². The van der Waals surface area contributed by atoms with Crippen LogP contribution in [0.3, 0.4) is 0 Å². The van der Waals surface area contributed by atoms with Gasteiger partial charge < -0.3 is 0 Å². The van der Waals surface area contributed by atoms with Gasteiger partial charge in [-0.2, -0.15) is 0 Å². The predicted octanol–water partition coefficient (Wildman–Crippen LogP) is 5.64. The summed E-state index contributed by atoms with van der Waals surface area (Å²) in [7, 11) is 0. The van der Waals surface area contributed by atoms with E-state index in [1.165, 1.54) is 0 Å². The van der Waals surface area contributed by atoms with E-state index < -0.39 is 0 Å². The van der Waals surface area contributed by atoms with Gasteiger partial charge >= 0.3 is 0 Å². The Kier molecular flexibility index (Phi) is 1.78.